The zero-order valence-corrected chi connectivity index (χ0v) is 9.87. The monoisotopic (exact) mass is 219 g/mol. The Balaban J connectivity index is 2.77. The number of phenolic OH excluding ortho intramolecular Hbond substituents is 1. The van der Waals surface area contributed by atoms with Crippen LogP contribution in [0.1, 0.15) is 25.8 Å². The number of amides is 1. The number of nitrogens with one attached hydrogen (secondary N) is 1. The molecule has 0 unspecified atom stereocenters. The van der Waals surface area contributed by atoms with Crippen LogP contribution in [0.25, 0.3) is 0 Å². The Hall–Kier alpha value is -1.77. The second kappa shape index (κ2) is 5.35. The van der Waals surface area contributed by atoms with E-state index >= 15 is 0 Å². The van der Waals surface area contributed by atoms with Gasteiger partial charge in [0.2, 0.25) is 0 Å². The number of hydrogen-bond acceptors (Lipinski definition) is 2. The summed E-state index contributed by atoms with van der Waals surface area (Å²) in [5, 5.41) is 12.2. The molecule has 0 aliphatic heterocycles. The maximum atomic E-state index is 11.6. The molecule has 1 aromatic rings. The quantitative estimate of drug-likeness (QED) is 0.768. The van der Waals surface area contributed by atoms with Gasteiger partial charge < -0.3 is 10.4 Å². The van der Waals surface area contributed by atoms with Crippen molar-refractivity contribution in [3.05, 3.63) is 35.4 Å². The molecule has 0 heterocycles. The number of phenols is 1. The summed E-state index contributed by atoms with van der Waals surface area (Å²) in [6.45, 7) is 5.56. The number of anilines is 1. The molecule has 1 amide bonds. The Kier molecular flexibility index (Phi) is 4.11. The predicted molar refractivity (Wildman–Crippen MR) is 65.5 cm³/mol. The Morgan fingerprint density at radius 2 is 2.19 bits per heavy atom. The van der Waals surface area contributed by atoms with Crippen molar-refractivity contribution in [3.63, 3.8) is 0 Å². The van der Waals surface area contributed by atoms with Crippen molar-refractivity contribution in [2.45, 2.75) is 27.2 Å². The van der Waals surface area contributed by atoms with E-state index in [1.165, 1.54) is 0 Å². The van der Waals surface area contributed by atoms with Crippen molar-refractivity contribution in [2.75, 3.05) is 5.32 Å². The summed E-state index contributed by atoms with van der Waals surface area (Å²) >= 11 is 0. The fourth-order valence-corrected chi connectivity index (χ4v) is 1.32. The van der Waals surface area contributed by atoms with Crippen LogP contribution < -0.4 is 5.32 Å². The number of allylic oxidation sites excluding steroid dienone is 1. The third kappa shape index (κ3) is 3.12. The maximum absolute atomic E-state index is 11.6. The summed E-state index contributed by atoms with van der Waals surface area (Å²) in [5.74, 6) is 0.0556. The minimum Gasteiger partial charge on any atom is -0.508 e. The zero-order valence-electron chi connectivity index (χ0n) is 9.87. The topological polar surface area (TPSA) is 49.3 Å². The van der Waals surface area contributed by atoms with Crippen LogP contribution in [-0.2, 0) is 4.79 Å². The van der Waals surface area contributed by atoms with E-state index in [4.69, 9.17) is 0 Å². The highest BCUT2D eigenvalue weighted by atomic mass is 16.3. The van der Waals surface area contributed by atoms with Crippen molar-refractivity contribution in [2.24, 2.45) is 0 Å². The van der Waals surface area contributed by atoms with Crippen molar-refractivity contribution in [1.29, 1.82) is 0 Å². The van der Waals surface area contributed by atoms with Crippen molar-refractivity contribution in [3.8, 4) is 5.75 Å². The van der Waals surface area contributed by atoms with Gasteiger partial charge in [-0.25, -0.2) is 0 Å². The molecule has 1 rings (SSSR count). The molecule has 0 aromatic heterocycles. The summed E-state index contributed by atoms with van der Waals surface area (Å²) < 4.78 is 0. The van der Waals surface area contributed by atoms with Gasteiger partial charge in [0.05, 0.1) is 0 Å². The number of benzene rings is 1. The largest absolute Gasteiger partial charge is 0.508 e. The molecular formula is C13H17NO2. The van der Waals surface area contributed by atoms with E-state index in [1.54, 1.807) is 25.1 Å². The fraction of sp³-hybridized carbons (Fsp3) is 0.308. The first-order valence-electron chi connectivity index (χ1n) is 5.32. The van der Waals surface area contributed by atoms with Gasteiger partial charge in [0.15, 0.2) is 0 Å². The lowest BCUT2D eigenvalue weighted by molar-refractivity contribution is -0.112. The fourth-order valence-electron chi connectivity index (χ4n) is 1.32. The van der Waals surface area contributed by atoms with Crippen molar-refractivity contribution >= 4 is 11.6 Å². The molecule has 0 spiro atoms. The molecule has 0 aliphatic carbocycles. The van der Waals surface area contributed by atoms with Gasteiger partial charge in [0.25, 0.3) is 5.91 Å². The molecular weight excluding hydrogens is 202 g/mol. The lowest BCUT2D eigenvalue weighted by Crippen LogP contribution is -2.12. The Morgan fingerprint density at radius 1 is 1.50 bits per heavy atom. The smallest absolute Gasteiger partial charge is 0.250 e. The van der Waals surface area contributed by atoms with E-state index in [9.17, 15) is 9.90 Å². The molecule has 3 heteroatoms. The average molecular weight is 219 g/mol. The summed E-state index contributed by atoms with van der Waals surface area (Å²) in [6.07, 6.45) is 2.70. The van der Waals surface area contributed by atoms with Crippen LogP contribution >= 0.6 is 0 Å². The van der Waals surface area contributed by atoms with E-state index < -0.39 is 0 Å². The van der Waals surface area contributed by atoms with Gasteiger partial charge in [-0.05, 0) is 31.9 Å². The highest BCUT2D eigenvalue weighted by molar-refractivity contribution is 6.03. The van der Waals surface area contributed by atoms with Crippen LogP contribution in [0.2, 0.25) is 0 Å². The molecule has 0 saturated heterocycles. The van der Waals surface area contributed by atoms with Crippen LogP contribution in [0, 0.1) is 6.92 Å². The Labute approximate surface area is 95.8 Å². The molecule has 0 radical (unpaired) electrons. The average Bonchev–Trinajstić information content (AvgIpc) is 2.24. The standard InChI is InChI=1S/C13H17NO2/c1-4-5-10(3)13(16)14-11-7-6-9(2)12(15)8-11/h5-8,15H,4H2,1-3H3,(H,14,16). The van der Waals surface area contributed by atoms with E-state index in [0.717, 1.165) is 12.0 Å². The second-order valence-electron chi connectivity index (χ2n) is 3.75. The Morgan fingerprint density at radius 3 is 2.75 bits per heavy atom. The van der Waals surface area contributed by atoms with Crippen molar-refractivity contribution in [1.82, 2.24) is 0 Å². The normalized spacial score (nSPS) is 11.3. The van der Waals surface area contributed by atoms with Crippen LogP contribution in [-0.4, -0.2) is 11.0 Å². The highest BCUT2D eigenvalue weighted by Crippen LogP contribution is 2.21. The van der Waals surface area contributed by atoms with Gasteiger partial charge in [0, 0.05) is 17.3 Å². The number of aromatic hydroxyl groups is 1. The third-order valence-electron chi connectivity index (χ3n) is 2.34. The summed E-state index contributed by atoms with van der Waals surface area (Å²) in [6, 6.07) is 5.09. The third-order valence-corrected chi connectivity index (χ3v) is 2.34. The molecule has 1 aromatic carbocycles. The maximum Gasteiger partial charge on any atom is 0.250 e. The zero-order chi connectivity index (χ0) is 12.1. The minimum absolute atomic E-state index is 0.134. The molecule has 0 atom stereocenters. The van der Waals surface area contributed by atoms with E-state index in [0.29, 0.717) is 11.3 Å². The highest BCUT2D eigenvalue weighted by Gasteiger charge is 2.05. The predicted octanol–water partition coefficient (Wildman–Crippen LogP) is 3.00. The number of aryl methyl sites for hydroxylation is 1. The summed E-state index contributed by atoms with van der Waals surface area (Å²) in [4.78, 5) is 11.6. The number of carbonyl (C=O) groups is 1. The van der Waals surface area contributed by atoms with Crippen LogP contribution in [0.5, 0.6) is 5.75 Å². The van der Waals surface area contributed by atoms with E-state index in [2.05, 4.69) is 5.32 Å². The molecule has 86 valence electrons. The van der Waals surface area contributed by atoms with Gasteiger partial charge in [-0.3, -0.25) is 4.79 Å². The minimum atomic E-state index is -0.134. The van der Waals surface area contributed by atoms with Gasteiger partial charge in [0.1, 0.15) is 5.75 Å². The first kappa shape index (κ1) is 12.3. The molecule has 3 nitrogen and oxygen atoms in total. The Bertz CT molecular complexity index is 422. The number of hydrogen-bond donors (Lipinski definition) is 2. The van der Waals surface area contributed by atoms with Crippen molar-refractivity contribution < 1.29 is 9.90 Å². The first-order chi connectivity index (χ1) is 7.54. The molecule has 0 aliphatic rings. The molecule has 0 bridgehead atoms. The van der Waals surface area contributed by atoms with Gasteiger partial charge in [-0.15, -0.1) is 0 Å². The van der Waals surface area contributed by atoms with Crippen LogP contribution in [0.3, 0.4) is 0 Å². The summed E-state index contributed by atoms with van der Waals surface area (Å²) in [5.41, 5.74) is 2.08. The van der Waals surface area contributed by atoms with Crippen LogP contribution in [0.4, 0.5) is 5.69 Å². The molecule has 0 saturated carbocycles. The van der Waals surface area contributed by atoms with Gasteiger partial charge >= 0.3 is 0 Å². The number of carbonyl (C=O) groups excluding carboxylic acids is 1. The lowest BCUT2D eigenvalue weighted by Gasteiger charge is -2.07. The SMILES string of the molecule is CCC=C(C)C(=O)Nc1ccc(C)c(O)c1. The van der Waals surface area contributed by atoms with Gasteiger partial charge in [-0.2, -0.15) is 0 Å². The van der Waals surface area contributed by atoms with Crippen LogP contribution in [0.15, 0.2) is 29.8 Å². The molecule has 16 heavy (non-hydrogen) atoms. The molecule has 0 fully saturated rings. The molecule has 2 N–H and O–H groups in total. The van der Waals surface area contributed by atoms with E-state index in [1.807, 2.05) is 19.9 Å². The van der Waals surface area contributed by atoms with Gasteiger partial charge in [-0.1, -0.05) is 19.1 Å². The second-order valence-corrected chi connectivity index (χ2v) is 3.75. The van der Waals surface area contributed by atoms with E-state index in [-0.39, 0.29) is 11.7 Å². The lowest BCUT2D eigenvalue weighted by atomic mass is 10.2. The summed E-state index contributed by atoms with van der Waals surface area (Å²) in [7, 11) is 0. The first-order valence-corrected chi connectivity index (χ1v) is 5.32. The number of rotatable bonds is 3.